The second-order valence-corrected chi connectivity index (χ2v) is 1.90. The van der Waals surface area contributed by atoms with Gasteiger partial charge in [-0.05, 0) is 12.5 Å². The van der Waals surface area contributed by atoms with Gasteiger partial charge in [-0.2, -0.15) is 0 Å². The summed E-state index contributed by atoms with van der Waals surface area (Å²) in [5.41, 5.74) is 0.336. The van der Waals surface area contributed by atoms with E-state index in [2.05, 4.69) is 6.58 Å². The van der Waals surface area contributed by atoms with Crippen LogP contribution in [0.4, 0.5) is 0 Å². The predicted octanol–water partition coefficient (Wildman–Crippen LogP) is 0.398. The monoisotopic (exact) mass is 130 g/mol. The van der Waals surface area contributed by atoms with Crippen molar-refractivity contribution in [3.05, 3.63) is 12.2 Å². The molecule has 0 radical (unpaired) electrons. The van der Waals surface area contributed by atoms with E-state index in [-0.39, 0.29) is 6.42 Å². The van der Waals surface area contributed by atoms with Gasteiger partial charge in [0.05, 0.1) is 12.5 Å². The lowest BCUT2D eigenvalue weighted by atomic mass is 10.1. The Balaban J connectivity index is 3.64. The Morgan fingerprint density at radius 3 is 2.33 bits per heavy atom. The molecule has 9 heavy (non-hydrogen) atoms. The van der Waals surface area contributed by atoms with Crippen molar-refractivity contribution in [1.82, 2.24) is 0 Å². The maximum Gasteiger partial charge on any atom is 0.307 e. The third-order valence-corrected chi connectivity index (χ3v) is 0.969. The van der Waals surface area contributed by atoms with Gasteiger partial charge in [0.1, 0.15) is 0 Å². The zero-order chi connectivity index (χ0) is 7.44. The van der Waals surface area contributed by atoms with Crippen LogP contribution < -0.4 is 0 Å². The van der Waals surface area contributed by atoms with Gasteiger partial charge in [0.25, 0.3) is 0 Å². The molecule has 52 valence electrons. The van der Waals surface area contributed by atoms with Gasteiger partial charge in [0, 0.05) is 0 Å². The number of aliphatic hydroxyl groups is 1. The fourth-order valence-electron chi connectivity index (χ4n) is 0.342. The van der Waals surface area contributed by atoms with Crippen molar-refractivity contribution in [2.24, 2.45) is 0 Å². The Morgan fingerprint density at radius 2 is 2.22 bits per heavy atom. The van der Waals surface area contributed by atoms with E-state index in [4.69, 9.17) is 10.2 Å². The van der Waals surface area contributed by atoms with E-state index in [0.29, 0.717) is 5.57 Å². The second kappa shape index (κ2) is 3.25. The summed E-state index contributed by atoms with van der Waals surface area (Å²) >= 11 is 0. The molecular weight excluding hydrogens is 120 g/mol. The van der Waals surface area contributed by atoms with Gasteiger partial charge in [0.15, 0.2) is 0 Å². The molecule has 0 aromatic rings. The van der Waals surface area contributed by atoms with Crippen LogP contribution in [0.5, 0.6) is 0 Å². The van der Waals surface area contributed by atoms with Crippen LogP contribution in [0.1, 0.15) is 13.3 Å². The van der Waals surface area contributed by atoms with E-state index in [9.17, 15) is 4.79 Å². The maximum atomic E-state index is 9.94. The van der Waals surface area contributed by atoms with Gasteiger partial charge < -0.3 is 10.2 Å². The lowest BCUT2D eigenvalue weighted by Crippen LogP contribution is -2.07. The summed E-state index contributed by atoms with van der Waals surface area (Å²) in [5, 5.41) is 16.9. The van der Waals surface area contributed by atoms with Crippen molar-refractivity contribution in [3.8, 4) is 0 Å². The highest BCUT2D eigenvalue weighted by atomic mass is 16.4. The van der Waals surface area contributed by atoms with E-state index in [1.54, 1.807) is 0 Å². The van der Waals surface area contributed by atoms with Crippen molar-refractivity contribution in [2.45, 2.75) is 19.4 Å². The van der Waals surface area contributed by atoms with Crippen LogP contribution in [-0.4, -0.2) is 22.3 Å². The number of aliphatic hydroxyl groups excluding tert-OH is 1. The zero-order valence-electron chi connectivity index (χ0n) is 5.29. The molecule has 0 bridgehead atoms. The minimum absolute atomic E-state index is 0.155. The molecule has 0 saturated carbocycles. The predicted molar refractivity (Wildman–Crippen MR) is 33.1 cm³/mol. The van der Waals surface area contributed by atoms with Crippen molar-refractivity contribution in [3.63, 3.8) is 0 Å². The van der Waals surface area contributed by atoms with Gasteiger partial charge in [-0.3, -0.25) is 4.79 Å². The number of carboxylic acid groups (broad SMARTS) is 1. The van der Waals surface area contributed by atoms with Crippen LogP contribution >= 0.6 is 0 Å². The van der Waals surface area contributed by atoms with E-state index in [0.717, 1.165) is 0 Å². The molecular formula is C6H10O3. The Kier molecular flexibility index (Phi) is 2.95. The van der Waals surface area contributed by atoms with Crippen molar-refractivity contribution in [1.29, 1.82) is 0 Å². The first-order valence-electron chi connectivity index (χ1n) is 2.61. The molecule has 0 aliphatic heterocycles. The summed E-state index contributed by atoms with van der Waals surface area (Å²) in [6.07, 6.45) is -0.876. The fourth-order valence-corrected chi connectivity index (χ4v) is 0.342. The average molecular weight is 130 g/mol. The number of hydrogen-bond acceptors (Lipinski definition) is 2. The molecule has 0 spiro atoms. The second-order valence-electron chi connectivity index (χ2n) is 1.90. The van der Waals surface area contributed by atoms with Crippen LogP contribution in [0.15, 0.2) is 12.2 Å². The molecule has 2 N–H and O–H groups in total. The molecule has 0 saturated heterocycles. The lowest BCUT2D eigenvalue weighted by Gasteiger charge is -2.03. The number of hydrogen-bond donors (Lipinski definition) is 2. The molecule has 0 rings (SSSR count). The summed E-state index contributed by atoms with van der Waals surface area (Å²) in [5.74, 6) is -0.957. The molecule has 3 heteroatoms. The highest BCUT2D eigenvalue weighted by Gasteiger charge is 2.05. The molecule has 0 aromatic carbocycles. The minimum atomic E-state index is -0.957. The van der Waals surface area contributed by atoms with Gasteiger partial charge in [-0.1, -0.05) is 6.58 Å². The molecule has 1 atom stereocenters. The van der Waals surface area contributed by atoms with E-state index < -0.39 is 12.1 Å². The third kappa shape index (κ3) is 3.73. The summed E-state index contributed by atoms with van der Waals surface area (Å²) < 4.78 is 0. The summed E-state index contributed by atoms with van der Waals surface area (Å²) in [6.45, 7) is 4.85. The van der Waals surface area contributed by atoms with Crippen LogP contribution in [0.25, 0.3) is 0 Å². The Hall–Kier alpha value is -0.830. The average Bonchev–Trinajstić information content (AvgIpc) is 1.63. The first-order valence-corrected chi connectivity index (χ1v) is 2.61. The molecule has 3 nitrogen and oxygen atoms in total. The highest BCUT2D eigenvalue weighted by molar-refractivity contribution is 5.70. The molecule has 0 aliphatic rings. The number of carboxylic acids is 1. The van der Waals surface area contributed by atoms with Crippen molar-refractivity contribution >= 4 is 5.97 Å². The standard InChI is InChI=1S/C6H10O3/c1-4(5(2)7)3-6(8)9/h5,7H,1,3H2,2H3,(H,8,9). The third-order valence-electron chi connectivity index (χ3n) is 0.969. The van der Waals surface area contributed by atoms with Gasteiger partial charge >= 0.3 is 5.97 Å². The van der Waals surface area contributed by atoms with Crippen LogP contribution in [0.3, 0.4) is 0 Å². The van der Waals surface area contributed by atoms with E-state index in [1.165, 1.54) is 6.92 Å². The quantitative estimate of drug-likeness (QED) is 0.543. The van der Waals surface area contributed by atoms with Crippen LogP contribution in [0.2, 0.25) is 0 Å². The largest absolute Gasteiger partial charge is 0.481 e. The van der Waals surface area contributed by atoms with Gasteiger partial charge in [-0.25, -0.2) is 0 Å². The van der Waals surface area contributed by atoms with Crippen molar-refractivity contribution < 1.29 is 15.0 Å². The molecule has 0 amide bonds. The van der Waals surface area contributed by atoms with Crippen LogP contribution in [0, 0.1) is 0 Å². The lowest BCUT2D eigenvalue weighted by molar-refractivity contribution is -0.136. The molecule has 0 fully saturated rings. The molecule has 0 heterocycles. The molecule has 0 aliphatic carbocycles. The Bertz CT molecular complexity index is 126. The van der Waals surface area contributed by atoms with Crippen molar-refractivity contribution in [2.75, 3.05) is 0 Å². The maximum absolute atomic E-state index is 9.94. The van der Waals surface area contributed by atoms with Gasteiger partial charge in [-0.15, -0.1) is 0 Å². The summed E-state index contributed by atoms with van der Waals surface area (Å²) in [7, 11) is 0. The highest BCUT2D eigenvalue weighted by Crippen LogP contribution is 2.02. The normalized spacial score (nSPS) is 12.7. The fraction of sp³-hybridized carbons (Fsp3) is 0.500. The minimum Gasteiger partial charge on any atom is -0.481 e. The first kappa shape index (κ1) is 8.17. The number of aliphatic carboxylic acids is 1. The smallest absolute Gasteiger partial charge is 0.307 e. The SMILES string of the molecule is C=C(CC(=O)O)C(C)O. The summed E-state index contributed by atoms with van der Waals surface area (Å²) in [4.78, 5) is 9.94. The number of rotatable bonds is 3. The number of carbonyl (C=O) groups is 1. The van der Waals surface area contributed by atoms with Gasteiger partial charge in [0.2, 0.25) is 0 Å². The Labute approximate surface area is 53.6 Å². The Morgan fingerprint density at radius 1 is 1.78 bits per heavy atom. The molecule has 1 unspecified atom stereocenters. The van der Waals surface area contributed by atoms with E-state index >= 15 is 0 Å². The van der Waals surface area contributed by atoms with Crippen LogP contribution in [-0.2, 0) is 4.79 Å². The summed E-state index contributed by atoms with van der Waals surface area (Å²) in [6, 6.07) is 0. The zero-order valence-corrected chi connectivity index (χ0v) is 5.29. The topological polar surface area (TPSA) is 57.5 Å². The molecule has 0 aromatic heterocycles. The van der Waals surface area contributed by atoms with E-state index in [1.807, 2.05) is 0 Å². The first-order chi connectivity index (χ1) is 4.04.